The van der Waals surface area contributed by atoms with Gasteiger partial charge in [0.1, 0.15) is 6.61 Å². The first-order valence-electron chi connectivity index (χ1n) is 10.5. The Kier molecular flexibility index (Phi) is 6.77. The number of amides is 2. The summed E-state index contributed by atoms with van der Waals surface area (Å²) in [5.41, 5.74) is 4.95. The second-order valence-corrected chi connectivity index (χ2v) is 8.71. The lowest BCUT2D eigenvalue weighted by molar-refractivity contribution is -0.134. The molecule has 29 heavy (non-hydrogen) atoms. The van der Waals surface area contributed by atoms with E-state index in [4.69, 9.17) is 10.5 Å². The molecule has 2 heterocycles. The second kappa shape index (κ2) is 9.11. The number of benzene rings is 1. The van der Waals surface area contributed by atoms with Crippen molar-refractivity contribution in [2.45, 2.75) is 58.0 Å². The molecule has 160 valence electrons. The number of carbonyl (C=O) groups is 2. The Bertz CT molecular complexity index is 742. The van der Waals surface area contributed by atoms with Crippen molar-refractivity contribution in [3.8, 4) is 5.75 Å². The van der Waals surface area contributed by atoms with Gasteiger partial charge in [0.05, 0.1) is 18.5 Å². The third kappa shape index (κ3) is 4.71. The summed E-state index contributed by atoms with van der Waals surface area (Å²) >= 11 is 0. The molecule has 0 saturated carbocycles. The zero-order chi connectivity index (χ0) is 21.0. The van der Waals surface area contributed by atoms with Gasteiger partial charge in [0.25, 0.3) is 0 Å². The lowest BCUT2D eigenvalue weighted by Crippen LogP contribution is -2.50. The highest BCUT2D eigenvalue weighted by Gasteiger charge is 2.59. The number of nitrogens with one attached hydrogen (secondary N) is 1. The molecule has 2 fully saturated rings. The van der Waals surface area contributed by atoms with Crippen LogP contribution < -0.4 is 15.8 Å². The number of hydrogen-bond acceptors (Lipinski definition) is 4. The van der Waals surface area contributed by atoms with Gasteiger partial charge in [-0.2, -0.15) is 0 Å². The second-order valence-electron chi connectivity index (χ2n) is 8.71. The van der Waals surface area contributed by atoms with Crippen molar-refractivity contribution in [2.75, 3.05) is 19.7 Å². The number of nitrogens with two attached hydrogens (primary N) is 1. The van der Waals surface area contributed by atoms with Gasteiger partial charge in [0, 0.05) is 12.1 Å². The van der Waals surface area contributed by atoms with Crippen LogP contribution >= 0.6 is 0 Å². The maximum Gasteiger partial charge on any atom is 0.231 e. The van der Waals surface area contributed by atoms with Gasteiger partial charge in [-0.15, -0.1) is 0 Å². The van der Waals surface area contributed by atoms with Gasteiger partial charge in [0.2, 0.25) is 11.8 Å². The normalized spacial score (nSPS) is 26.1. The molecule has 3 atom stereocenters. The standard InChI is InChI=1S/C22H32FN3O3/c1-15(2)9-10-22(13-16-7-8-19(22)26(16)14-20(24)27)21(28)25-11-12-29-18-6-4-3-5-17(18)23/h3-6,15-16,19H,7-14H2,1-2H3,(H2,24,27)(H,25,28)/t16-,19+,22+/m1/s1. The predicted molar refractivity (Wildman–Crippen MR) is 109 cm³/mol. The number of para-hydroxylation sites is 1. The van der Waals surface area contributed by atoms with Crippen LogP contribution in [0.3, 0.4) is 0 Å². The van der Waals surface area contributed by atoms with E-state index in [9.17, 15) is 14.0 Å². The maximum atomic E-state index is 13.7. The lowest BCUT2D eigenvalue weighted by atomic mass is 9.69. The zero-order valence-corrected chi connectivity index (χ0v) is 17.3. The minimum Gasteiger partial charge on any atom is -0.489 e. The lowest BCUT2D eigenvalue weighted by Gasteiger charge is -2.37. The number of ether oxygens (including phenoxy) is 1. The van der Waals surface area contributed by atoms with Crippen LogP contribution in [0.2, 0.25) is 0 Å². The fourth-order valence-electron chi connectivity index (χ4n) is 4.96. The summed E-state index contributed by atoms with van der Waals surface area (Å²) in [6, 6.07) is 6.51. The first kappa shape index (κ1) is 21.6. The molecule has 2 amide bonds. The van der Waals surface area contributed by atoms with Crippen molar-refractivity contribution in [1.29, 1.82) is 0 Å². The first-order chi connectivity index (χ1) is 13.8. The van der Waals surface area contributed by atoms with Gasteiger partial charge < -0.3 is 15.8 Å². The van der Waals surface area contributed by atoms with Crippen molar-refractivity contribution >= 4 is 11.8 Å². The van der Waals surface area contributed by atoms with E-state index in [0.717, 1.165) is 32.1 Å². The van der Waals surface area contributed by atoms with E-state index in [0.29, 0.717) is 12.5 Å². The third-order valence-electron chi connectivity index (χ3n) is 6.32. The molecule has 3 rings (SSSR count). The smallest absolute Gasteiger partial charge is 0.231 e. The van der Waals surface area contributed by atoms with Crippen molar-refractivity contribution in [2.24, 2.45) is 17.1 Å². The van der Waals surface area contributed by atoms with E-state index in [-0.39, 0.29) is 42.8 Å². The largest absolute Gasteiger partial charge is 0.489 e. The number of fused-ring (bicyclic) bond motifs is 2. The molecule has 7 heteroatoms. The van der Waals surface area contributed by atoms with Crippen LogP contribution in [-0.4, -0.2) is 48.5 Å². The molecule has 0 spiro atoms. The minimum atomic E-state index is -0.499. The van der Waals surface area contributed by atoms with Crippen LogP contribution in [0, 0.1) is 17.2 Å². The van der Waals surface area contributed by atoms with Gasteiger partial charge in [-0.25, -0.2) is 4.39 Å². The quantitative estimate of drug-likeness (QED) is 0.586. The molecule has 6 nitrogen and oxygen atoms in total. The summed E-state index contributed by atoms with van der Waals surface area (Å²) in [6.07, 6.45) is 4.42. The third-order valence-corrected chi connectivity index (χ3v) is 6.32. The van der Waals surface area contributed by atoms with Crippen LogP contribution in [0.25, 0.3) is 0 Å². The van der Waals surface area contributed by atoms with Crippen molar-refractivity contribution in [1.82, 2.24) is 10.2 Å². The molecular formula is C22H32FN3O3. The predicted octanol–water partition coefficient (Wildman–Crippen LogP) is 2.47. The summed E-state index contributed by atoms with van der Waals surface area (Å²) < 4.78 is 19.1. The van der Waals surface area contributed by atoms with Crippen molar-refractivity contribution in [3.05, 3.63) is 30.1 Å². The summed E-state index contributed by atoms with van der Waals surface area (Å²) in [4.78, 5) is 27.0. The van der Waals surface area contributed by atoms with Crippen LogP contribution in [-0.2, 0) is 9.59 Å². The molecule has 1 aromatic carbocycles. The Labute approximate surface area is 172 Å². The van der Waals surface area contributed by atoms with Crippen LogP contribution in [0.15, 0.2) is 24.3 Å². The van der Waals surface area contributed by atoms with E-state index in [1.54, 1.807) is 18.2 Å². The minimum absolute atomic E-state index is 0.0111. The van der Waals surface area contributed by atoms with Crippen LogP contribution in [0.5, 0.6) is 5.75 Å². The SMILES string of the molecule is CC(C)CC[C@]1(C(=O)NCCOc2ccccc2F)C[C@H]2CC[C@@H]1N2CC(N)=O. The van der Waals surface area contributed by atoms with Crippen LogP contribution in [0.4, 0.5) is 4.39 Å². The Morgan fingerprint density at radius 2 is 2.10 bits per heavy atom. The zero-order valence-electron chi connectivity index (χ0n) is 17.3. The number of carbonyl (C=O) groups excluding carboxylic acids is 2. The molecule has 2 aliphatic rings. The van der Waals surface area contributed by atoms with E-state index >= 15 is 0 Å². The van der Waals surface area contributed by atoms with Gasteiger partial charge in [-0.3, -0.25) is 14.5 Å². The summed E-state index contributed by atoms with van der Waals surface area (Å²) in [5.74, 6) is -0.0729. The molecule has 0 radical (unpaired) electrons. The first-order valence-corrected chi connectivity index (χ1v) is 10.5. The highest BCUT2D eigenvalue weighted by molar-refractivity contribution is 5.84. The fourth-order valence-corrected chi connectivity index (χ4v) is 4.96. The molecule has 0 aliphatic carbocycles. The molecule has 0 unspecified atom stereocenters. The fraction of sp³-hybridized carbons (Fsp3) is 0.636. The molecule has 2 aliphatic heterocycles. The van der Waals surface area contributed by atoms with Crippen LogP contribution in [0.1, 0.15) is 46.0 Å². The summed E-state index contributed by atoms with van der Waals surface area (Å²) in [6.45, 7) is 5.03. The molecular weight excluding hydrogens is 373 g/mol. The average Bonchev–Trinajstić information content (AvgIpc) is 3.19. The van der Waals surface area contributed by atoms with E-state index in [2.05, 4.69) is 24.1 Å². The number of rotatable bonds is 10. The molecule has 0 aromatic heterocycles. The molecule has 2 bridgehead atoms. The average molecular weight is 406 g/mol. The van der Waals surface area contributed by atoms with Crippen molar-refractivity contribution in [3.63, 3.8) is 0 Å². The molecule has 2 saturated heterocycles. The highest BCUT2D eigenvalue weighted by Crippen LogP contribution is 2.52. The number of hydrogen-bond donors (Lipinski definition) is 2. The Morgan fingerprint density at radius 3 is 2.79 bits per heavy atom. The number of primary amides is 1. The highest BCUT2D eigenvalue weighted by atomic mass is 19.1. The number of halogens is 1. The van der Waals surface area contributed by atoms with Gasteiger partial charge in [-0.1, -0.05) is 26.0 Å². The van der Waals surface area contributed by atoms with Gasteiger partial charge >= 0.3 is 0 Å². The topological polar surface area (TPSA) is 84.7 Å². The maximum absolute atomic E-state index is 13.7. The Hall–Kier alpha value is -2.15. The van der Waals surface area contributed by atoms with E-state index in [1.807, 2.05) is 0 Å². The van der Waals surface area contributed by atoms with Crippen molar-refractivity contribution < 1.29 is 18.7 Å². The number of nitrogens with zero attached hydrogens (tertiary/aromatic N) is 1. The van der Waals surface area contributed by atoms with E-state index in [1.165, 1.54) is 6.07 Å². The van der Waals surface area contributed by atoms with Gasteiger partial charge in [-0.05, 0) is 50.2 Å². The van der Waals surface area contributed by atoms with E-state index < -0.39 is 11.2 Å². The summed E-state index contributed by atoms with van der Waals surface area (Å²) in [7, 11) is 0. The monoisotopic (exact) mass is 405 g/mol. The van der Waals surface area contributed by atoms with Gasteiger partial charge in [0.15, 0.2) is 11.6 Å². The Morgan fingerprint density at radius 1 is 1.34 bits per heavy atom. The Balaban J connectivity index is 1.63. The summed E-state index contributed by atoms with van der Waals surface area (Å²) in [5, 5.41) is 3.01. The molecule has 1 aromatic rings. The molecule has 3 N–H and O–H groups in total.